The molecular weight excluding hydrogens is 226 g/mol. The topological polar surface area (TPSA) is 84.2 Å². The Morgan fingerprint density at radius 2 is 1.94 bits per heavy atom. The molecule has 1 atom stereocenters. The highest BCUT2D eigenvalue weighted by atomic mass is 32.2. The lowest BCUT2D eigenvalue weighted by Gasteiger charge is -2.29. The largest absolute Gasteiger partial charge is 0.329 e. The van der Waals surface area contributed by atoms with Gasteiger partial charge in [0.2, 0.25) is 0 Å². The Bertz CT molecular complexity index is 286. The van der Waals surface area contributed by atoms with Crippen molar-refractivity contribution in [2.75, 3.05) is 13.1 Å². The van der Waals surface area contributed by atoms with E-state index in [0.717, 1.165) is 12.8 Å². The van der Waals surface area contributed by atoms with Crippen LogP contribution in [0.25, 0.3) is 0 Å². The maximum atomic E-state index is 11.6. The Morgan fingerprint density at radius 1 is 1.31 bits per heavy atom. The van der Waals surface area contributed by atoms with Crippen LogP contribution in [0.5, 0.6) is 0 Å². The summed E-state index contributed by atoms with van der Waals surface area (Å²) in [4.78, 5) is 0. The van der Waals surface area contributed by atoms with E-state index in [-0.39, 0.29) is 6.04 Å². The highest BCUT2D eigenvalue weighted by Crippen LogP contribution is 2.26. The molecule has 16 heavy (non-hydrogen) atoms. The maximum absolute atomic E-state index is 11.6. The molecule has 1 rings (SSSR count). The molecular formula is C10H23N3O2S. The molecule has 1 saturated carbocycles. The number of hydrogen-bond donors (Lipinski definition) is 3. The predicted octanol–water partition coefficient (Wildman–Crippen LogP) is 0.338. The Labute approximate surface area is 98.4 Å². The van der Waals surface area contributed by atoms with Crippen molar-refractivity contribution in [3.05, 3.63) is 0 Å². The van der Waals surface area contributed by atoms with Crippen LogP contribution in [0.15, 0.2) is 0 Å². The minimum absolute atomic E-state index is 0.121. The van der Waals surface area contributed by atoms with Crippen LogP contribution in [0.2, 0.25) is 0 Å². The molecule has 6 heteroatoms. The van der Waals surface area contributed by atoms with E-state index in [1.807, 2.05) is 0 Å². The highest BCUT2D eigenvalue weighted by Gasteiger charge is 2.25. The number of nitrogens with one attached hydrogen (secondary N) is 2. The molecule has 0 heterocycles. The summed E-state index contributed by atoms with van der Waals surface area (Å²) in [5, 5.41) is 0. The minimum Gasteiger partial charge on any atom is -0.329 e. The van der Waals surface area contributed by atoms with E-state index in [0.29, 0.717) is 19.0 Å². The molecule has 0 aromatic rings. The molecule has 1 aliphatic carbocycles. The fourth-order valence-corrected chi connectivity index (χ4v) is 3.45. The Hall–Kier alpha value is -0.170. The summed E-state index contributed by atoms with van der Waals surface area (Å²) in [5.41, 5.74) is 5.65. The first kappa shape index (κ1) is 13.9. The van der Waals surface area contributed by atoms with E-state index in [1.165, 1.54) is 19.3 Å². The third-order valence-corrected chi connectivity index (χ3v) is 4.40. The van der Waals surface area contributed by atoms with Crippen molar-refractivity contribution in [2.45, 2.75) is 45.1 Å². The summed E-state index contributed by atoms with van der Waals surface area (Å²) in [6, 6.07) is -0.121. The zero-order chi connectivity index (χ0) is 12.0. The molecule has 4 N–H and O–H groups in total. The Balaban J connectivity index is 2.53. The van der Waals surface area contributed by atoms with Gasteiger partial charge in [0.25, 0.3) is 10.2 Å². The SMILES string of the molecule is CCNS(=O)(=O)NC(CN)C1CCCCC1. The van der Waals surface area contributed by atoms with Gasteiger partial charge in [0.05, 0.1) is 0 Å². The Morgan fingerprint density at radius 3 is 2.44 bits per heavy atom. The van der Waals surface area contributed by atoms with Gasteiger partial charge in [-0.15, -0.1) is 0 Å². The first-order valence-electron chi connectivity index (χ1n) is 6.06. The molecule has 0 aromatic heterocycles. The normalized spacial score (nSPS) is 20.9. The summed E-state index contributed by atoms with van der Waals surface area (Å²) >= 11 is 0. The molecule has 0 spiro atoms. The predicted molar refractivity (Wildman–Crippen MR) is 65.1 cm³/mol. The van der Waals surface area contributed by atoms with Gasteiger partial charge in [0, 0.05) is 19.1 Å². The van der Waals surface area contributed by atoms with Crippen molar-refractivity contribution in [1.82, 2.24) is 9.44 Å². The van der Waals surface area contributed by atoms with Crippen LogP contribution in [0.4, 0.5) is 0 Å². The highest BCUT2D eigenvalue weighted by molar-refractivity contribution is 7.87. The quantitative estimate of drug-likeness (QED) is 0.634. The van der Waals surface area contributed by atoms with Gasteiger partial charge >= 0.3 is 0 Å². The fourth-order valence-electron chi connectivity index (χ4n) is 2.30. The van der Waals surface area contributed by atoms with Crippen LogP contribution in [-0.2, 0) is 10.2 Å². The van der Waals surface area contributed by atoms with E-state index in [1.54, 1.807) is 6.92 Å². The van der Waals surface area contributed by atoms with Gasteiger partial charge in [-0.1, -0.05) is 26.2 Å². The average molecular weight is 249 g/mol. The molecule has 1 fully saturated rings. The second-order valence-electron chi connectivity index (χ2n) is 4.36. The Kier molecular flexibility index (Phi) is 5.68. The van der Waals surface area contributed by atoms with Gasteiger partial charge < -0.3 is 5.73 Å². The minimum atomic E-state index is -3.37. The molecule has 0 bridgehead atoms. The van der Waals surface area contributed by atoms with Gasteiger partial charge in [-0.05, 0) is 18.8 Å². The van der Waals surface area contributed by atoms with Crippen molar-refractivity contribution in [1.29, 1.82) is 0 Å². The third kappa shape index (κ3) is 4.37. The lowest BCUT2D eigenvalue weighted by atomic mass is 9.84. The summed E-state index contributed by atoms with van der Waals surface area (Å²) in [6.45, 7) is 2.53. The van der Waals surface area contributed by atoms with E-state index in [2.05, 4.69) is 9.44 Å². The van der Waals surface area contributed by atoms with Gasteiger partial charge in [-0.2, -0.15) is 13.1 Å². The van der Waals surface area contributed by atoms with Crippen LogP contribution in [-0.4, -0.2) is 27.5 Å². The number of hydrogen-bond acceptors (Lipinski definition) is 3. The fraction of sp³-hybridized carbons (Fsp3) is 1.00. The first-order chi connectivity index (χ1) is 7.59. The van der Waals surface area contributed by atoms with Crippen molar-refractivity contribution in [3.63, 3.8) is 0 Å². The lowest BCUT2D eigenvalue weighted by molar-refractivity contribution is 0.293. The summed E-state index contributed by atoms with van der Waals surface area (Å²) in [7, 11) is -3.37. The van der Waals surface area contributed by atoms with Crippen LogP contribution in [0.1, 0.15) is 39.0 Å². The van der Waals surface area contributed by atoms with Gasteiger partial charge in [0.1, 0.15) is 0 Å². The van der Waals surface area contributed by atoms with Crippen LogP contribution in [0.3, 0.4) is 0 Å². The maximum Gasteiger partial charge on any atom is 0.277 e. The standard InChI is InChI=1S/C10H23N3O2S/c1-2-12-16(14,15)13-10(8-11)9-6-4-3-5-7-9/h9-10,12-13H,2-8,11H2,1H3. The van der Waals surface area contributed by atoms with Crippen molar-refractivity contribution >= 4 is 10.2 Å². The van der Waals surface area contributed by atoms with E-state index in [4.69, 9.17) is 5.73 Å². The molecule has 1 unspecified atom stereocenters. The van der Waals surface area contributed by atoms with Crippen LogP contribution >= 0.6 is 0 Å². The second-order valence-corrected chi connectivity index (χ2v) is 5.89. The van der Waals surface area contributed by atoms with E-state index >= 15 is 0 Å². The molecule has 0 aliphatic heterocycles. The van der Waals surface area contributed by atoms with E-state index < -0.39 is 10.2 Å². The molecule has 0 saturated heterocycles. The summed E-state index contributed by atoms with van der Waals surface area (Å²) in [6.07, 6.45) is 5.79. The zero-order valence-corrected chi connectivity index (χ0v) is 10.7. The molecule has 0 aromatic carbocycles. The molecule has 0 amide bonds. The van der Waals surface area contributed by atoms with Gasteiger partial charge in [-0.3, -0.25) is 0 Å². The smallest absolute Gasteiger partial charge is 0.277 e. The molecule has 0 radical (unpaired) electrons. The van der Waals surface area contributed by atoms with Crippen molar-refractivity contribution < 1.29 is 8.42 Å². The zero-order valence-electron chi connectivity index (χ0n) is 9.91. The van der Waals surface area contributed by atoms with Crippen molar-refractivity contribution in [2.24, 2.45) is 11.7 Å². The second kappa shape index (κ2) is 6.54. The van der Waals surface area contributed by atoms with E-state index in [9.17, 15) is 8.42 Å². The summed E-state index contributed by atoms with van der Waals surface area (Å²) < 4.78 is 28.2. The number of nitrogens with two attached hydrogens (primary N) is 1. The molecule has 96 valence electrons. The molecule has 5 nitrogen and oxygen atoms in total. The lowest BCUT2D eigenvalue weighted by Crippen LogP contribution is -2.49. The van der Waals surface area contributed by atoms with Crippen LogP contribution in [0, 0.1) is 5.92 Å². The van der Waals surface area contributed by atoms with Crippen LogP contribution < -0.4 is 15.2 Å². The van der Waals surface area contributed by atoms with Gasteiger partial charge in [0.15, 0.2) is 0 Å². The summed E-state index contributed by atoms with van der Waals surface area (Å²) in [5.74, 6) is 0.396. The first-order valence-corrected chi connectivity index (χ1v) is 7.54. The average Bonchev–Trinajstić information content (AvgIpc) is 2.27. The third-order valence-electron chi connectivity index (χ3n) is 3.11. The van der Waals surface area contributed by atoms with Gasteiger partial charge in [-0.25, -0.2) is 4.72 Å². The van der Waals surface area contributed by atoms with Crippen molar-refractivity contribution in [3.8, 4) is 0 Å². The molecule has 1 aliphatic rings. The monoisotopic (exact) mass is 249 g/mol. The number of rotatable bonds is 6.